The average Bonchev–Trinajstić information content (AvgIpc) is 2.95. The monoisotopic (exact) mass is 300 g/mol. The molecule has 1 aliphatic heterocycles. The van der Waals surface area contributed by atoms with Crippen molar-refractivity contribution in [2.24, 2.45) is 0 Å². The zero-order chi connectivity index (χ0) is 15.4. The number of hydrogen-bond donors (Lipinski definition) is 3. The number of aliphatic hydroxyl groups is 1. The van der Waals surface area contributed by atoms with Crippen molar-refractivity contribution in [3.8, 4) is 5.69 Å². The van der Waals surface area contributed by atoms with Gasteiger partial charge >= 0.3 is 0 Å². The lowest BCUT2D eigenvalue weighted by atomic mass is 9.94. The second kappa shape index (κ2) is 6.60. The number of piperidine rings is 1. The van der Waals surface area contributed by atoms with Crippen LogP contribution in [0.1, 0.15) is 24.2 Å². The first-order chi connectivity index (χ1) is 10.7. The molecule has 0 bridgehead atoms. The largest absolute Gasteiger partial charge is 0.387 e. The molecule has 1 fully saturated rings. The van der Waals surface area contributed by atoms with Gasteiger partial charge < -0.3 is 20.3 Å². The first-order valence-corrected chi connectivity index (χ1v) is 7.89. The average molecular weight is 300 g/mol. The van der Waals surface area contributed by atoms with Crippen LogP contribution in [-0.4, -0.2) is 39.9 Å². The number of imidazole rings is 1. The molecule has 3 N–H and O–H groups in total. The van der Waals surface area contributed by atoms with Crippen molar-refractivity contribution in [1.82, 2.24) is 20.2 Å². The minimum Gasteiger partial charge on any atom is -0.387 e. The third-order valence-corrected chi connectivity index (χ3v) is 4.27. The molecule has 0 unspecified atom stereocenters. The summed E-state index contributed by atoms with van der Waals surface area (Å²) >= 11 is 0. The fraction of sp³-hybridized carbons (Fsp3) is 0.471. The maximum atomic E-state index is 10.4. The van der Waals surface area contributed by atoms with Crippen LogP contribution in [0.2, 0.25) is 0 Å². The van der Waals surface area contributed by atoms with Crippen molar-refractivity contribution < 1.29 is 5.11 Å². The highest BCUT2D eigenvalue weighted by Crippen LogP contribution is 2.15. The molecule has 0 radical (unpaired) electrons. The van der Waals surface area contributed by atoms with E-state index in [9.17, 15) is 5.11 Å². The lowest BCUT2D eigenvalue weighted by Crippen LogP contribution is -2.51. The number of rotatable bonds is 5. The van der Waals surface area contributed by atoms with Gasteiger partial charge in [-0.1, -0.05) is 12.1 Å². The summed E-state index contributed by atoms with van der Waals surface area (Å²) in [5, 5.41) is 17.0. The fourth-order valence-corrected chi connectivity index (χ4v) is 2.97. The molecule has 118 valence electrons. The Balaban J connectivity index is 1.54. The number of nitrogens with zero attached hydrogens (tertiary/aromatic N) is 2. The zero-order valence-electron chi connectivity index (χ0n) is 13.0. The van der Waals surface area contributed by atoms with E-state index >= 15 is 0 Å². The lowest BCUT2D eigenvalue weighted by Gasteiger charge is -2.32. The second-order valence-electron chi connectivity index (χ2n) is 6.12. The molecule has 2 aromatic rings. The van der Waals surface area contributed by atoms with Crippen molar-refractivity contribution in [3.05, 3.63) is 48.0 Å². The van der Waals surface area contributed by atoms with Gasteiger partial charge in [-0.2, -0.15) is 0 Å². The molecule has 3 rings (SSSR count). The van der Waals surface area contributed by atoms with Crippen LogP contribution in [-0.2, 0) is 6.54 Å². The quantitative estimate of drug-likeness (QED) is 0.781. The Kier molecular flexibility index (Phi) is 4.57. The lowest BCUT2D eigenvalue weighted by molar-refractivity contribution is 0.0169. The molecule has 0 aliphatic carbocycles. The van der Waals surface area contributed by atoms with E-state index in [0.717, 1.165) is 37.4 Å². The summed E-state index contributed by atoms with van der Waals surface area (Å²) in [6.45, 7) is 5.08. The van der Waals surface area contributed by atoms with E-state index in [1.807, 2.05) is 19.3 Å². The highest BCUT2D eigenvalue weighted by molar-refractivity contribution is 5.35. The maximum Gasteiger partial charge on any atom is 0.110 e. The molecule has 5 heteroatoms. The third-order valence-electron chi connectivity index (χ3n) is 4.27. The Morgan fingerprint density at radius 1 is 1.36 bits per heavy atom. The van der Waals surface area contributed by atoms with Gasteiger partial charge in [-0.15, -0.1) is 0 Å². The smallest absolute Gasteiger partial charge is 0.110 e. The molecule has 1 aromatic carbocycles. The summed E-state index contributed by atoms with van der Waals surface area (Å²) in [6, 6.07) is 8.43. The van der Waals surface area contributed by atoms with Crippen molar-refractivity contribution in [2.45, 2.75) is 31.9 Å². The number of β-amino-alcohol motifs (C(OH)–C–C–N with tert-alkyl or cyclic N) is 1. The van der Waals surface area contributed by atoms with E-state index in [4.69, 9.17) is 0 Å². The molecule has 1 aliphatic rings. The predicted octanol–water partition coefficient (Wildman–Crippen LogP) is 1.38. The van der Waals surface area contributed by atoms with Crippen LogP contribution in [0.3, 0.4) is 0 Å². The summed E-state index contributed by atoms with van der Waals surface area (Å²) < 4.78 is 2.06. The minimum absolute atomic E-state index is 0.605. The molecule has 0 saturated carbocycles. The molecule has 2 heterocycles. The standard InChI is InChI=1S/C17H24N4O/c1-14-20-9-10-21(14)16-5-3-15(4-6-16)11-19-13-17(22)7-2-8-18-12-17/h3-6,9-10,18-19,22H,2,7-8,11-13H2,1H3/t17-/m1/s1. The van der Waals surface area contributed by atoms with Gasteiger partial charge in [-0.3, -0.25) is 0 Å². The van der Waals surface area contributed by atoms with Gasteiger partial charge in [0.05, 0.1) is 5.60 Å². The van der Waals surface area contributed by atoms with Crippen molar-refractivity contribution in [2.75, 3.05) is 19.6 Å². The van der Waals surface area contributed by atoms with Crippen LogP contribution in [0, 0.1) is 6.92 Å². The number of benzene rings is 1. The first-order valence-electron chi connectivity index (χ1n) is 7.89. The Hall–Kier alpha value is -1.69. The van der Waals surface area contributed by atoms with Crippen molar-refractivity contribution in [3.63, 3.8) is 0 Å². The van der Waals surface area contributed by atoms with Gasteiger partial charge in [-0.25, -0.2) is 4.98 Å². The Bertz CT molecular complexity index is 599. The number of hydrogen-bond acceptors (Lipinski definition) is 4. The van der Waals surface area contributed by atoms with Crippen LogP contribution in [0.4, 0.5) is 0 Å². The molecule has 1 aromatic heterocycles. The number of aryl methyl sites for hydroxylation is 1. The summed E-state index contributed by atoms with van der Waals surface area (Å²) in [6.07, 6.45) is 5.68. The van der Waals surface area contributed by atoms with Crippen LogP contribution < -0.4 is 10.6 Å². The SMILES string of the molecule is Cc1nccn1-c1ccc(CNC[C@@]2(O)CCCNC2)cc1. The molecule has 1 saturated heterocycles. The summed E-state index contributed by atoms with van der Waals surface area (Å²) in [5.41, 5.74) is 1.73. The van der Waals surface area contributed by atoms with E-state index in [-0.39, 0.29) is 0 Å². The highest BCUT2D eigenvalue weighted by Gasteiger charge is 2.28. The summed E-state index contributed by atoms with van der Waals surface area (Å²) in [7, 11) is 0. The highest BCUT2D eigenvalue weighted by atomic mass is 16.3. The zero-order valence-corrected chi connectivity index (χ0v) is 13.0. The van der Waals surface area contributed by atoms with Crippen LogP contribution in [0.15, 0.2) is 36.7 Å². The molecule has 5 nitrogen and oxygen atoms in total. The fourth-order valence-electron chi connectivity index (χ4n) is 2.97. The van der Waals surface area contributed by atoms with E-state index in [0.29, 0.717) is 13.1 Å². The van der Waals surface area contributed by atoms with Crippen molar-refractivity contribution in [1.29, 1.82) is 0 Å². The van der Waals surface area contributed by atoms with Gasteiger partial charge in [0.2, 0.25) is 0 Å². The third kappa shape index (κ3) is 3.55. The van der Waals surface area contributed by atoms with Crippen LogP contribution in [0.5, 0.6) is 0 Å². The van der Waals surface area contributed by atoms with Gasteiger partial charge in [0.25, 0.3) is 0 Å². The van der Waals surface area contributed by atoms with E-state index in [1.165, 1.54) is 5.56 Å². The van der Waals surface area contributed by atoms with Gasteiger partial charge in [0.1, 0.15) is 5.82 Å². The van der Waals surface area contributed by atoms with Gasteiger partial charge in [0.15, 0.2) is 0 Å². The Morgan fingerprint density at radius 2 is 2.18 bits per heavy atom. The van der Waals surface area contributed by atoms with E-state index in [1.54, 1.807) is 0 Å². The molecule has 1 atom stereocenters. The normalized spacial score (nSPS) is 21.9. The van der Waals surface area contributed by atoms with E-state index in [2.05, 4.69) is 44.5 Å². The number of aromatic nitrogens is 2. The minimum atomic E-state index is -0.605. The molecular formula is C17H24N4O. The maximum absolute atomic E-state index is 10.4. The van der Waals surface area contributed by atoms with Gasteiger partial charge in [-0.05, 0) is 44.0 Å². The van der Waals surface area contributed by atoms with E-state index < -0.39 is 5.60 Å². The molecule has 0 spiro atoms. The Morgan fingerprint density at radius 3 is 2.82 bits per heavy atom. The number of nitrogens with one attached hydrogen (secondary N) is 2. The first kappa shape index (κ1) is 15.2. The molecular weight excluding hydrogens is 276 g/mol. The second-order valence-corrected chi connectivity index (χ2v) is 6.12. The Labute approximate surface area is 131 Å². The van der Waals surface area contributed by atoms with Crippen LogP contribution in [0.25, 0.3) is 5.69 Å². The predicted molar refractivity (Wildman–Crippen MR) is 87.1 cm³/mol. The topological polar surface area (TPSA) is 62.1 Å². The van der Waals surface area contributed by atoms with Crippen molar-refractivity contribution >= 4 is 0 Å². The van der Waals surface area contributed by atoms with Gasteiger partial charge in [0, 0.05) is 37.7 Å². The molecule has 22 heavy (non-hydrogen) atoms. The summed E-state index contributed by atoms with van der Waals surface area (Å²) in [4.78, 5) is 4.24. The van der Waals surface area contributed by atoms with Crippen LogP contribution >= 0.6 is 0 Å². The molecule has 0 amide bonds. The summed E-state index contributed by atoms with van der Waals surface area (Å²) in [5.74, 6) is 0.984.